The summed E-state index contributed by atoms with van der Waals surface area (Å²) in [6.07, 6.45) is -7.27. The summed E-state index contributed by atoms with van der Waals surface area (Å²) >= 11 is 5.61. The van der Waals surface area contributed by atoms with Gasteiger partial charge in [-0.05, 0) is 35.7 Å². The molecule has 2 aromatic rings. The number of fused-ring (bicyclic) bond motifs is 1. The molecule has 0 aliphatic carbocycles. The van der Waals surface area contributed by atoms with Crippen molar-refractivity contribution in [2.75, 3.05) is 0 Å². The molecule has 2 aliphatic rings. The number of hydrogen-bond acceptors (Lipinski definition) is 4. The summed E-state index contributed by atoms with van der Waals surface area (Å²) in [4.78, 5) is 51.0. The summed E-state index contributed by atoms with van der Waals surface area (Å²) in [7, 11) is 0. The standard InChI is InChI=1S/C22H18ClF2N3O4/c23-15-4-2-14(3-5-15)22(24,25)21(32)26-10-12-1-6-16-13(9-12)11-28(20(16)31)17-7-8-18(29)27-19(17)30/h1-6,9,17H,7-8,10-11H2,(H,26,32)(H,27,29,30)/i2D,3D,4D,5D,7D2,8D2,10D,17D/hD2. The van der Waals surface area contributed by atoms with Gasteiger partial charge >= 0.3 is 5.92 Å². The second-order valence-corrected chi connectivity index (χ2v) is 6.83. The van der Waals surface area contributed by atoms with Crippen LogP contribution in [0.25, 0.3) is 0 Å². The van der Waals surface area contributed by atoms with E-state index in [-0.39, 0.29) is 16.0 Å². The van der Waals surface area contributed by atoms with E-state index >= 15 is 8.78 Å². The Labute approximate surface area is 203 Å². The molecule has 2 heterocycles. The minimum Gasteiger partial charge on any atom is -0.346 e. The van der Waals surface area contributed by atoms with Gasteiger partial charge in [0.2, 0.25) is 11.8 Å². The SMILES string of the molecule is [2H]c1c([2H])c(C(F)(F)C(=O)N([2H])C([2H])c2ccc3c(c2)CN(C2([2H])C(=O)N([2H])C(=O)C([2H])([2H])C2([2H])[2H])C3=O)c([2H])c([2H])c1Cl. The number of nitrogens with zero attached hydrogens (tertiary/aromatic N) is 1. The third-order valence-corrected chi connectivity index (χ3v) is 4.59. The van der Waals surface area contributed by atoms with Crippen molar-refractivity contribution >= 4 is 35.2 Å². The zero-order valence-electron chi connectivity index (χ0n) is 27.6. The summed E-state index contributed by atoms with van der Waals surface area (Å²) < 4.78 is 125. The molecule has 2 unspecified atom stereocenters. The molecule has 1 saturated heterocycles. The fourth-order valence-corrected chi connectivity index (χ4v) is 2.99. The van der Waals surface area contributed by atoms with Crippen molar-refractivity contribution in [3.8, 4) is 0 Å². The number of alkyl halides is 2. The van der Waals surface area contributed by atoms with E-state index in [2.05, 4.69) is 0 Å². The lowest BCUT2D eigenvalue weighted by Gasteiger charge is -2.29. The van der Waals surface area contributed by atoms with Gasteiger partial charge in [-0.1, -0.05) is 35.8 Å². The average molecular weight is 474 g/mol. The van der Waals surface area contributed by atoms with E-state index in [0.717, 1.165) is 18.2 Å². The number of hydrogen-bond donors (Lipinski definition) is 2. The van der Waals surface area contributed by atoms with Crippen LogP contribution >= 0.6 is 11.6 Å². The summed E-state index contributed by atoms with van der Waals surface area (Å²) in [6, 6.07) is -5.47. The van der Waals surface area contributed by atoms with Gasteiger partial charge in [-0.2, -0.15) is 8.78 Å². The molecule has 0 aromatic heterocycles. The Morgan fingerprint density at radius 1 is 1.41 bits per heavy atom. The molecule has 0 spiro atoms. The van der Waals surface area contributed by atoms with Crippen molar-refractivity contribution in [1.29, 1.82) is 0 Å². The van der Waals surface area contributed by atoms with Crippen molar-refractivity contribution < 1.29 is 44.5 Å². The number of imide groups is 1. The molecule has 2 aromatic carbocycles. The normalized spacial score (nSPS) is 30.5. The van der Waals surface area contributed by atoms with Gasteiger partial charge in [0, 0.05) is 41.1 Å². The maximum Gasteiger partial charge on any atom is 0.349 e. The van der Waals surface area contributed by atoms with Crippen molar-refractivity contribution in [1.82, 2.24) is 15.5 Å². The second kappa shape index (κ2) is 8.31. The number of nitrogens with one attached hydrogen (secondary N) is 2. The van der Waals surface area contributed by atoms with Gasteiger partial charge < -0.3 is 10.2 Å². The lowest BCUT2D eigenvalue weighted by atomic mass is 10.0. The highest BCUT2D eigenvalue weighted by atomic mass is 35.5. The second-order valence-electron chi connectivity index (χ2n) is 6.46. The number of halogens is 3. The van der Waals surface area contributed by atoms with Gasteiger partial charge in [-0.3, -0.25) is 24.5 Å². The van der Waals surface area contributed by atoms with Crippen LogP contribution in [-0.2, 0) is 33.4 Å². The topological polar surface area (TPSA) is 95.6 Å². The smallest absolute Gasteiger partial charge is 0.346 e. The molecule has 0 bridgehead atoms. The first-order chi connectivity index (χ1) is 20.0. The molecule has 0 radical (unpaired) electrons. The molecule has 2 aliphatic heterocycles. The first-order valence-electron chi connectivity index (χ1n) is 14.7. The molecule has 4 rings (SSSR count). The highest BCUT2D eigenvalue weighted by Gasteiger charge is 2.41. The number of carbonyl (C=O) groups excluding carboxylic acids is 4. The fraction of sp³-hybridized carbons (Fsp3) is 0.273. The number of piperidine rings is 1. The van der Waals surface area contributed by atoms with Crippen LogP contribution in [-0.4, -0.2) is 34.5 Å². The third-order valence-electron chi connectivity index (χ3n) is 4.40. The average Bonchev–Trinajstić information content (AvgIpc) is 3.30. The number of amides is 4. The molecule has 4 amide bonds. The molecule has 7 nitrogen and oxygen atoms in total. The van der Waals surface area contributed by atoms with Gasteiger partial charge in [0.05, 0.1) is 8.22 Å². The van der Waals surface area contributed by atoms with E-state index in [1.807, 2.05) is 0 Å². The summed E-state index contributed by atoms with van der Waals surface area (Å²) in [5.74, 6) is -12.3. The highest BCUT2D eigenvalue weighted by Crippen LogP contribution is 2.30. The van der Waals surface area contributed by atoms with Gasteiger partial charge in [0.1, 0.15) is 6.02 Å². The Morgan fingerprint density at radius 3 is 2.84 bits per heavy atom. The number of benzene rings is 2. The first-order valence-corrected chi connectivity index (χ1v) is 9.08. The lowest BCUT2D eigenvalue weighted by Crippen LogP contribution is -2.52. The van der Waals surface area contributed by atoms with Crippen LogP contribution in [0.2, 0.25) is 7.85 Å². The van der Waals surface area contributed by atoms with Crippen molar-refractivity contribution in [2.45, 2.75) is 37.8 Å². The molecule has 0 saturated carbocycles. The first kappa shape index (κ1) is 11.5. The Balaban J connectivity index is 1.68. The quantitative estimate of drug-likeness (QED) is 0.652. The van der Waals surface area contributed by atoms with Crippen LogP contribution in [0.3, 0.4) is 0 Å². The van der Waals surface area contributed by atoms with E-state index < -0.39 is 112 Å². The number of rotatable bonds is 5. The molecule has 2 N–H and O–H groups in total. The highest BCUT2D eigenvalue weighted by molar-refractivity contribution is 6.30. The Hall–Kier alpha value is -3.33. The van der Waals surface area contributed by atoms with Gasteiger partial charge in [-0.25, -0.2) is 0 Å². The summed E-state index contributed by atoms with van der Waals surface area (Å²) in [6.45, 7) is -3.09. The maximum absolute atomic E-state index is 15.2. The van der Waals surface area contributed by atoms with E-state index in [0.29, 0.717) is 0 Å². The summed E-state index contributed by atoms with van der Waals surface area (Å²) in [5.41, 5.74) is -2.56. The summed E-state index contributed by atoms with van der Waals surface area (Å²) in [5, 5.41) is -1.87. The van der Waals surface area contributed by atoms with Gasteiger partial charge in [0.15, 0.2) is 2.82 Å². The van der Waals surface area contributed by atoms with Crippen LogP contribution in [0.4, 0.5) is 8.78 Å². The van der Waals surface area contributed by atoms with Gasteiger partial charge in [0.25, 0.3) is 11.8 Å². The zero-order valence-corrected chi connectivity index (χ0v) is 16.4. The molecule has 2 atom stereocenters. The minimum atomic E-state index is -4.85. The number of carbonyl (C=O) groups is 4. The van der Waals surface area contributed by atoms with Crippen LogP contribution < -0.4 is 10.6 Å². The van der Waals surface area contributed by atoms with Crippen LogP contribution in [0.1, 0.15) is 53.5 Å². The van der Waals surface area contributed by atoms with Crippen LogP contribution in [0, 0.1) is 0 Å². The monoisotopic (exact) mass is 473 g/mol. The molecule has 32 heavy (non-hydrogen) atoms. The predicted octanol–water partition coefficient (Wildman–Crippen LogP) is 2.51. The zero-order chi connectivity index (χ0) is 33.6. The minimum absolute atomic E-state index is 0.168. The third kappa shape index (κ3) is 4.08. The molecule has 1 fully saturated rings. The lowest BCUT2D eigenvalue weighted by molar-refractivity contribution is -0.147. The Kier molecular flexibility index (Phi) is 2.99. The molecular formula is C22H18ClF2N3O4. The largest absolute Gasteiger partial charge is 0.349 e. The molecular weight excluding hydrogens is 444 g/mol. The fourth-order valence-electron chi connectivity index (χ4n) is 2.90. The maximum atomic E-state index is 15.2. The molecule has 10 heteroatoms. The molecule has 166 valence electrons. The van der Waals surface area contributed by atoms with E-state index in [9.17, 15) is 19.2 Å². The van der Waals surface area contributed by atoms with Crippen molar-refractivity contribution in [3.05, 3.63) is 69.6 Å². The Bertz CT molecular complexity index is 1640. The van der Waals surface area contributed by atoms with Crippen molar-refractivity contribution in [3.63, 3.8) is 0 Å². The van der Waals surface area contributed by atoms with E-state index in [1.54, 1.807) is 0 Å². The predicted molar refractivity (Wildman–Crippen MR) is 110 cm³/mol. The van der Waals surface area contributed by atoms with Gasteiger partial charge in [-0.15, -0.1) is 0 Å². The van der Waals surface area contributed by atoms with Crippen molar-refractivity contribution in [2.24, 2.45) is 0 Å². The van der Waals surface area contributed by atoms with E-state index in [1.165, 1.54) is 0 Å². The van der Waals surface area contributed by atoms with E-state index in [4.69, 9.17) is 28.1 Å². The Morgan fingerprint density at radius 2 is 2.12 bits per heavy atom. The van der Waals surface area contributed by atoms with Crippen LogP contribution in [0.5, 0.6) is 0 Å². The van der Waals surface area contributed by atoms with Crippen LogP contribution in [0.15, 0.2) is 42.4 Å².